The molecule has 1 aliphatic rings. The van der Waals surface area contributed by atoms with Crippen LogP contribution in [-0.2, 0) is 19.0 Å². The molecule has 1 aromatic rings. The van der Waals surface area contributed by atoms with E-state index in [2.05, 4.69) is 20.2 Å². The Bertz CT molecular complexity index is 995. The molecule has 3 atom stereocenters. The van der Waals surface area contributed by atoms with Crippen LogP contribution in [0.3, 0.4) is 0 Å². The van der Waals surface area contributed by atoms with Crippen molar-refractivity contribution in [3.05, 3.63) is 33.8 Å². The lowest BCUT2D eigenvalue weighted by molar-refractivity contribution is -0.326. The number of carbonyl (C=O) groups excluding carboxylic acids is 3. The number of ether oxygens (including phenoxy) is 3. The van der Waals surface area contributed by atoms with E-state index in [1.165, 1.54) is 23.1 Å². The summed E-state index contributed by atoms with van der Waals surface area (Å²) >= 11 is 11.9. The highest BCUT2D eigenvalue weighted by Gasteiger charge is 2.39. The van der Waals surface area contributed by atoms with E-state index in [-0.39, 0.29) is 28.6 Å². The maximum atomic E-state index is 12.8. The Morgan fingerprint density at radius 3 is 2.39 bits per heavy atom. The maximum Gasteiger partial charge on any atom is 0.522 e. The first-order valence-corrected chi connectivity index (χ1v) is 12.1. The molecule has 4 N–H and O–H groups in total. The average Bonchev–Trinajstić information content (AvgIpc) is 2.80. The molecule has 1 heterocycles. The predicted octanol–water partition coefficient (Wildman–Crippen LogP) is 2.94. The largest absolute Gasteiger partial charge is 0.522 e. The molecular formula is C22H29Cl2F3N4O7. The number of alkyl halides is 3. The molecule has 0 saturated carbocycles. The van der Waals surface area contributed by atoms with Gasteiger partial charge < -0.3 is 19.9 Å². The second-order valence-electron chi connectivity index (χ2n) is 9.19. The van der Waals surface area contributed by atoms with E-state index in [9.17, 15) is 32.7 Å². The number of aliphatic hydroxyl groups is 1. The van der Waals surface area contributed by atoms with Gasteiger partial charge >= 0.3 is 12.5 Å². The van der Waals surface area contributed by atoms with Crippen molar-refractivity contribution in [1.29, 1.82) is 0 Å². The second kappa shape index (κ2) is 13.6. The molecule has 0 spiro atoms. The summed E-state index contributed by atoms with van der Waals surface area (Å²) in [5, 5.41) is 14.0. The number of hydrazine groups is 1. The van der Waals surface area contributed by atoms with Gasteiger partial charge in [0, 0.05) is 18.2 Å². The zero-order valence-electron chi connectivity index (χ0n) is 20.7. The van der Waals surface area contributed by atoms with Crippen LogP contribution >= 0.6 is 23.2 Å². The summed E-state index contributed by atoms with van der Waals surface area (Å²) in [5.41, 5.74) is 3.49. The third kappa shape index (κ3) is 10.8. The number of piperidine rings is 1. The van der Waals surface area contributed by atoms with Crippen LogP contribution in [0.1, 0.15) is 44.0 Å². The van der Waals surface area contributed by atoms with Crippen molar-refractivity contribution in [2.45, 2.75) is 64.1 Å². The van der Waals surface area contributed by atoms with Crippen molar-refractivity contribution in [1.82, 2.24) is 21.1 Å². The van der Waals surface area contributed by atoms with E-state index >= 15 is 0 Å². The fourth-order valence-corrected chi connectivity index (χ4v) is 3.75. The Morgan fingerprint density at radius 1 is 1.11 bits per heavy atom. The minimum absolute atomic E-state index is 0.00161. The minimum Gasteiger partial charge on any atom is -0.446 e. The molecule has 0 aliphatic carbocycles. The molecule has 11 nitrogen and oxygen atoms in total. The van der Waals surface area contributed by atoms with Gasteiger partial charge in [-0.05, 0) is 51.8 Å². The normalized spacial score (nSPS) is 19.4. The Hall–Kier alpha value is -2.36. The Kier molecular flexibility index (Phi) is 11.4. The molecule has 0 bridgehead atoms. The predicted molar refractivity (Wildman–Crippen MR) is 129 cm³/mol. The highest BCUT2D eigenvalue weighted by Crippen LogP contribution is 2.25. The third-order valence-corrected chi connectivity index (χ3v) is 5.79. The smallest absolute Gasteiger partial charge is 0.446 e. The van der Waals surface area contributed by atoms with Crippen molar-refractivity contribution in [2.24, 2.45) is 0 Å². The van der Waals surface area contributed by atoms with Gasteiger partial charge in [0.25, 0.3) is 11.8 Å². The highest BCUT2D eigenvalue weighted by atomic mass is 35.5. The van der Waals surface area contributed by atoms with E-state index in [0.717, 1.165) is 0 Å². The van der Waals surface area contributed by atoms with Crippen molar-refractivity contribution >= 4 is 41.1 Å². The standard InChI is InChI=1S/C22H29Cl2F3N4O7/c1-21(2,3)38-20(35)31-11-13(28-17(32)12-4-6-14(23)15(24)10-12)5-7-16(31)18(33)29-30-19(34)36-8-9-37-22(25,26)27/h4,6,10,13,16,20,35H,5,7-9,11H2,1-3H3,(H,28,32)(H,29,33)(H,30,34)/t13-,16+,20?/m1/s1. The number of likely N-dealkylation sites (tertiary alicyclic amines) is 1. The monoisotopic (exact) mass is 588 g/mol. The van der Waals surface area contributed by atoms with Crippen LogP contribution in [-0.4, -0.2) is 78.1 Å². The summed E-state index contributed by atoms with van der Waals surface area (Å²) in [5.74, 6) is -1.19. The molecule has 214 valence electrons. The number of halogens is 5. The van der Waals surface area contributed by atoms with Crippen molar-refractivity contribution in [2.75, 3.05) is 19.8 Å². The number of rotatable bonds is 8. The summed E-state index contributed by atoms with van der Waals surface area (Å²) in [6.45, 7) is 3.44. The van der Waals surface area contributed by atoms with Crippen LogP contribution in [0.5, 0.6) is 0 Å². The van der Waals surface area contributed by atoms with E-state index in [0.29, 0.717) is 6.42 Å². The van der Waals surface area contributed by atoms with E-state index in [4.69, 9.17) is 27.9 Å². The van der Waals surface area contributed by atoms with Crippen LogP contribution in [0, 0.1) is 0 Å². The zero-order valence-corrected chi connectivity index (χ0v) is 22.2. The van der Waals surface area contributed by atoms with Crippen molar-refractivity contribution in [3.63, 3.8) is 0 Å². The van der Waals surface area contributed by atoms with Crippen molar-refractivity contribution < 1.29 is 46.9 Å². The first-order chi connectivity index (χ1) is 17.6. The number of hydrogen-bond donors (Lipinski definition) is 4. The number of nitrogens with one attached hydrogen (secondary N) is 3. The number of nitrogens with zero attached hydrogens (tertiary/aromatic N) is 1. The molecule has 1 aliphatic heterocycles. The molecular weight excluding hydrogens is 560 g/mol. The Balaban J connectivity index is 1.99. The molecule has 1 saturated heterocycles. The molecule has 1 unspecified atom stereocenters. The quantitative estimate of drug-likeness (QED) is 0.206. The van der Waals surface area contributed by atoms with Gasteiger partial charge in [-0.1, -0.05) is 23.2 Å². The first kappa shape index (κ1) is 31.9. The van der Waals surface area contributed by atoms with Crippen LogP contribution < -0.4 is 16.2 Å². The van der Waals surface area contributed by atoms with E-state index in [1.54, 1.807) is 20.8 Å². The number of hydrogen-bond acceptors (Lipinski definition) is 8. The van der Waals surface area contributed by atoms with Gasteiger partial charge in [0.15, 0.2) is 0 Å². The fourth-order valence-electron chi connectivity index (χ4n) is 3.46. The molecule has 0 aromatic heterocycles. The molecule has 2 rings (SSSR count). The second-order valence-corrected chi connectivity index (χ2v) is 10.0. The maximum absolute atomic E-state index is 12.8. The topological polar surface area (TPSA) is 138 Å². The molecule has 38 heavy (non-hydrogen) atoms. The van der Waals surface area contributed by atoms with Gasteiger partial charge in [0.2, 0.25) is 6.41 Å². The molecule has 3 amide bonds. The number of amides is 3. The molecule has 0 radical (unpaired) electrons. The number of aliphatic hydroxyl groups excluding tert-OH is 1. The summed E-state index contributed by atoms with van der Waals surface area (Å²) in [7, 11) is 0. The third-order valence-electron chi connectivity index (χ3n) is 5.05. The van der Waals surface area contributed by atoms with Crippen LogP contribution in [0.4, 0.5) is 18.0 Å². The fraction of sp³-hybridized carbons (Fsp3) is 0.591. The SMILES string of the molecule is CC(C)(C)OC(O)N1C[C@H](NC(=O)c2ccc(Cl)c(Cl)c2)CC[C@H]1C(=O)NNC(=O)OCCOC(F)(F)F. The van der Waals surface area contributed by atoms with E-state index < -0.39 is 61.6 Å². The van der Waals surface area contributed by atoms with Gasteiger partial charge in [-0.25, -0.2) is 15.1 Å². The summed E-state index contributed by atoms with van der Waals surface area (Å²) in [6, 6.07) is 2.89. The van der Waals surface area contributed by atoms with Gasteiger partial charge in [-0.3, -0.25) is 19.8 Å². The Morgan fingerprint density at radius 2 is 1.79 bits per heavy atom. The average molecular weight is 589 g/mol. The molecule has 16 heteroatoms. The van der Waals surface area contributed by atoms with Crippen molar-refractivity contribution in [3.8, 4) is 0 Å². The summed E-state index contributed by atoms with van der Waals surface area (Å²) in [4.78, 5) is 38.5. The van der Waals surface area contributed by atoms with Gasteiger partial charge in [-0.15, -0.1) is 13.2 Å². The van der Waals surface area contributed by atoms with Crippen LogP contribution in [0.25, 0.3) is 0 Å². The van der Waals surface area contributed by atoms with Gasteiger partial charge in [0.05, 0.1) is 28.3 Å². The first-order valence-electron chi connectivity index (χ1n) is 11.4. The van der Waals surface area contributed by atoms with Crippen LogP contribution in [0.15, 0.2) is 18.2 Å². The lowest BCUT2D eigenvalue weighted by Crippen LogP contribution is -2.62. The Labute approximate surface area is 226 Å². The van der Waals surface area contributed by atoms with Gasteiger partial charge in [0.1, 0.15) is 6.61 Å². The number of carbonyl (C=O) groups is 3. The van der Waals surface area contributed by atoms with E-state index in [1.807, 2.05) is 5.43 Å². The zero-order chi connectivity index (χ0) is 28.7. The minimum atomic E-state index is -4.87. The van der Waals surface area contributed by atoms with Gasteiger partial charge in [-0.2, -0.15) is 0 Å². The lowest BCUT2D eigenvalue weighted by Gasteiger charge is -2.42. The molecule has 1 fully saturated rings. The lowest BCUT2D eigenvalue weighted by atomic mass is 9.97. The number of benzene rings is 1. The summed E-state index contributed by atoms with van der Waals surface area (Å²) < 4.78 is 49.4. The highest BCUT2D eigenvalue weighted by molar-refractivity contribution is 6.42. The molecule has 1 aromatic carbocycles. The summed E-state index contributed by atoms with van der Waals surface area (Å²) in [6.07, 6.45) is -7.18. The van der Waals surface area contributed by atoms with Crippen LogP contribution in [0.2, 0.25) is 10.0 Å².